The first-order valence-electron chi connectivity index (χ1n) is 7.55. The van der Waals surface area contributed by atoms with Crippen LogP contribution in [0.2, 0.25) is 0 Å². The Morgan fingerprint density at radius 2 is 2.05 bits per heavy atom. The Hall–Kier alpha value is -1.90. The summed E-state index contributed by atoms with van der Waals surface area (Å²) in [6, 6.07) is 10.2. The van der Waals surface area contributed by atoms with Gasteiger partial charge in [0.1, 0.15) is 5.60 Å². The Morgan fingerprint density at radius 1 is 1.29 bits per heavy atom. The molecule has 0 N–H and O–H groups in total. The summed E-state index contributed by atoms with van der Waals surface area (Å²) in [7, 11) is 0. The Balaban J connectivity index is 2.01. The van der Waals surface area contributed by atoms with Gasteiger partial charge in [0.05, 0.1) is 11.4 Å². The molecule has 1 aliphatic rings. The number of benzene rings is 1. The number of aromatic nitrogens is 1. The topological polar surface area (TPSA) is 39.2 Å². The first-order valence-corrected chi connectivity index (χ1v) is 7.55. The second-order valence-corrected chi connectivity index (χ2v) is 6.70. The molecular formula is C18H21NO2. The van der Waals surface area contributed by atoms with E-state index >= 15 is 0 Å². The quantitative estimate of drug-likeness (QED) is 0.743. The molecule has 3 rings (SSSR count). The van der Waals surface area contributed by atoms with E-state index in [0.717, 1.165) is 41.4 Å². The van der Waals surface area contributed by atoms with Crippen molar-refractivity contribution in [1.29, 1.82) is 0 Å². The molecule has 0 radical (unpaired) electrons. The van der Waals surface area contributed by atoms with Crippen LogP contribution in [0.4, 0.5) is 0 Å². The van der Waals surface area contributed by atoms with E-state index in [9.17, 15) is 4.79 Å². The highest BCUT2D eigenvalue weighted by molar-refractivity contribution is 5.84. The van der Waals surface area contributed by atoms with Gasteiger partial charge in [-0.15, -0.1) is 0 Å². The van der Waals surface area contributed by atoms with Gasteiger partial charge < -0.3 is 4.74 Å². The molecule has 1 atom stereocenters. The molecule has 0 aliphatic heterocycles. The van der Waals surface area contributed by atoms with E-state index < -0.39 is 5.60 Å². The highest BCUT2D eigenvalue weighted by Gasteiger charge is 2.31. The molecule has 0 spiro atoms. The molecule has 0 amide bonds. The summed E-state index contributed by atoms with van der Waals surface area (Å²) in [5.41, 5.74) is 2.66. The monoisotopic (exact) mass is 283 g/mol. The predicted molar refractivity (Wildman–Crippen MR) is 83.3 cm³/mol. The van der Waals surface area contributed by atoms with Crippen LogP contribution in [0.5, 0.6) is 0 Å². The summed E-state index contributed by atoms with van der Waals surface area (Å²) in [5.74, 6) is -0.300. The molecule has 1 unspecified atom stereocenters. The molecule has 3 heteroatoms. The van der Waals surface area contributed by atoms with Crippen molar-refractivity contribution in [2.24, 2.45) is 0 Å². The third kappa shape index (κ3) is 2.92. The highest BCUT2D eigenvalue weighted by Crippen LogP contribution is 2.34. The fourth-order valence-electron chi connectivity index (χ4n) is 2.92. The van der Waals surface area contributed by atoms with Crippen LogP contribution < -0.4 is 0 Å². The summed E-state index contributed by atoms with van der Waals surface area (Å²) in [6.45, 7) is 5.73. The number of pyridine rings is 1. The third-order valence-corrected chi connectivity index (χ3v) is 3.81. The second-order valence-electron chi connectivity index (χ2n) is 6.70. The van der Waals surface area contributed by atoms with Crippen molar-refractivity contribution in [2.75, 3.05) is 0 Å². The molecule has 1 aliphatic carbocycles. The lowest BCUT2D eigenvalue weighted by atomic mass is 9.85. The van der Waals surface area contributed by atoms with Crippen molar-refractivity contribution in [1.82, 2.24) is 4.98 Å². The second kappa shape index (κ2) is 5.14. The minimum Gasteiger partial charge on any atom is -0.459 e. The average molecular weight is 283 g/mol. The van der Waals surface area contributed by atoms with Crippen LogP contribution in [-0.2, 0) is 16.0 Å². The number of esters is 1. The number of rotatable bonds is 1. The lowest BCUT2D eigenvalue weighted by Crippen LogP contribution is -2.29. The predicted octanol–water partition coefficient (Wildman–Crippen LogP) is 4.00. The van der Waals surface area contributed by atoms with Crippen molar-refractivity contribution in [3.8, 4) is 0 Å². The summed E-state index contributed by atoms with van der Waals surface area (Å²) in [4.78, 5) is 17.2. The molecule has 1 aromatic heterocycles. The standard InChI is InChI=1S/C18H21NO2/c1-18(2,3)21-17(20)13-8-6-10-16-14(13)11-12-7-4-5-9-15(12)19-16/h4-5,7,9,11,13H,6,8,10H2,1-3H3. The Morgan fingerprint density at radius 3 is 2.81 bits per heavy atom. The van der Waals surface area contributed by atoms with Gasteiger partial charge in [-0.2, -0.15) is 0 Å². The van der Waals surface area contributed by atoms with Crippen LogP contribution in [0.1, 0.15) is 50.8 Å². The van der Waals surface area contributed by atoms with E-state index in [1.165, 1.54) is 0 Å². The molecule has 3 nitrogen and oxygen atoms in total. The first-order chi connectivity index (χ1) is 9.94. The molecule has 0 bridgehead atoms. The number of fused-ring (bicyclic) bond motifs is 2. The maximum Gasteiger partial charge on any atom is 0.313 e. The summed E-state index contributed by atoms with van der Waals surface area (Å²) >= 11 is 0. The van der Waals surface area contributed by atoms with E-state index in [-0.39, 0.29) is 11.9 Å². The lowest BCUT2D eigenvalue weighted by molar-refractivity contribution is -0.157. The summed E-state index contributed by atoms with van der Waals surface area (Å²) in [6.07, 6.45) is 2.78. The van der Waals surface area contributed by atoms with Gasteiger partial charge in [0, 0.05) is 11.1 Å². The van der Waals surface area contributed by atoms with E-state index in [0.29, 0.717) is 0 Å². The molecular weight excluding hydrogens is 262 g/mol. The molecule has 21 heavy (non-hydrogen) atoms. The van der Waals surface area contributed by atoms with Crippen molar-refractivity contribution in [3.63, 3.8) is 0 Å². The zero-order valence-electron chi connectivity index (χ0n) is 12.8. The molecule has 1 aromatic carbocycles. The van der Waals surface area contributed by atoms with Crippen LogP contribution in [0.25, 0.3) is 10.9 Å². The van der Waals surface area contributed by atoms with Gasteiger partial charge in [-0.25, -0.2) is 0 Å². The van der Waals surface area contributed by atoms with Gasteiger partial charge >= 0.3 is 5.97 Å². The van der Waals surface area contributed by atoms with E-state index in [1.54, 1.807) is 0 Å². The molecule has 110 valence electrons. The van der Waals surface area contributed by atoms with Crippen molar-refractivity contribution >= 4 is 16.9 Å². The number of carbonyl (C=O) groups is 1. The summed E-state index contributed by atoms with van der Waals surface area (Å²) < 4.78 is 5.58. The molecule has 1 heterocycles. The number of hydrogen-bond donors (Lipinski definition) is 0. The maximum atomic E-state index is 12.5. The minimum absolute atomic E-state index is 0.125. The largest absolute Gasteiger partial charge is 0.459 e. The number of nitrogens with zero attached hydrogens (tertiary/aromatic N) is 1. The highest BCUT2D eigenvalue weighted by atomic mass is 16.6. The van der Waals surface area contributed by atoms with Crippen LogP contribution in [0.3, 0.4) is 0 Å². The number of aryl methyl sites for hydroxylation is 1. The molecule has 0 fully saturated rings. The average Bonchev–Trinajstić information content (AvgIpc) is 2.42. The van der Waals surface area contributed by atoms with Gasteiger partial charge in [0.2, 0.25) is 0 Å². The van der Waals surface area contributed by atoms with Gasteiger partial charge in [-0.1, -0.05) is 18.2 Å². The van der Waals surface area contributed by atoms with Crippen LogP contribution in [0.15, 0.2) is 30.3 Å². The zero-order valence-corrected chi connectivity index (χ0v) is 12.8. The molecule has 0 saturated carbocycles. The smallest absolute Gasteiger partial charge is 0.313 e. The Bertz CT molecular complexity index is 685. The number of ether oxygens (including phenoxy) is 1. The molecule has 2 aromatic rings. The lowest BCUT2D eigenvalue weighted by Gasteiger charge is -2.27. The SMILES string of the molecule is CC(C)(C)OC(=O)C1CCCc2nc3ccccc3cc21. The number of hydrogen-bond acceptors (Lipinski definition) is 3. The minimum atomic E-state index is -0.445. The van der Waals surface area contributed by atoms with Gasteiger partial charge in [0.15, 0.2) is 0 Å². The number of carbonyl (C=O) groups excluding carboxylic acids is 1. The Kier molecular flexibility index (Phi) is 3.44. The first kappa shape index (κ1) is 14.1. The van der Waals surface area contributed by atoms with Gasteiger partial charge in [-0.3, -0.25) is 9.78 Å². The maximum absolute atomic E-state index is 12.5. The van der Waals surface area contributed by atoms with Crippen molar-refractivity contribution < 1.29 is 9.53 Å². The van der Waals surface area contributed by atoms with Crippen LogP contribution in [0, 0.1) is 0 Å². The Labute approximate surface area is 125 Å². The van der Waals surface area contributed by atoms with E-state index in [4.69, 9.17) is 9.72 Å². The van der Waals surface area contributed by atoms with Gasteiger partial charge in [0.25, 0.3) is 0 Å². The van der Waals surface area contributed by atoms with E-state index in [2.05, 4.69) is 6.07 Å². The summed E-state index contributed by atoms with van der Waals surface area (Å²) in [5, 5.41) is 1.09. The van der Waals surface area contributed by atoms with Crippen molar-refractivity contribution in [3.05, 3.63) is 41.6 Å². The fraction of sp³-hybridized carbons (Fsp3) is 0.444. The van der Waals surface area contributed by atoms with Gasteiger partial charge in [-0.05, 0) is 57.7 Å². The van der Waals surface area contributed by atoms with Crippen molar-refractivity contribution in [2.45, 2.75) is 51.6 Å². The fourth-order valence-corrected chi connectivity index (χ4v) is 2.92. The zero-order chi connectivity index (χ0) is 15.0. The molecule has 0 saturated heterocycles. The number of para-hydroxylation sites is 1. The van der Waals surface area contributed by atoms with Crippen LogP contribution >= 0.6 is 0 Å². The van der Waals surface area contributed by atoms with E-state index in [1.807, 2.05) is 45.0 Å². The third-order valence-electron chi connectivity index (χ3n) is 3.81. The van der Waals surface area contributed by atoms with Crippen LogP contribution in [-0.4, -0.2) is 16.6 Å². The normalized spacial score (nSPS) is 18.3.